The highest BCUT2D eigenvalue weighted by Gasteiger charge is 2.20. The van der Waals surface area contributed by atoms with Crippen LogP contribution in [0.5, 0.6) is 0 Å². The number of carboxylic acids is 1. The van der Waals surface area contributed by atoms with Crippen LogP contribution in [0.4, 0.5) is 0 Å². The zero-order chi connectivity index (χ0) is 13.4. The maximum absolute atomic E-state index is 11.1. The summed E-state index contributed by atoms with van der Waals surface area (Å²) in [6.45, 7) is 3.24. The molecule has 2 rings (SSSR count). The fraction of sp³-hybridized carbons (Fsp3) is 0.200. The van der Waals surface area contributed by atoms with E-state index in [1.165, 1.54) is 10.7 Å². The quantitative estimate of drug-likeness (QED) is 0.916. The molecule has 0 spiro atoms. The normalized spacial score (nSPS) is 10.7. The zero-order valence-corrected chi connectivity index (χ0v) is 11.0. The third-order valence-electron chi connectivity index (χ3n) is 2.43. The van der Waals surface area contributed by atoms with Crippen molar-refractivity contribution in [1.29, 1.82) is 0 Å². The van der Waals surface area contributed by atoms with Crippen molar-refractivity contribution in [3.05, 3.63) is 33.3 Å². The van der Waals surface area contributed by atoms with Crippen LogP contribution in [0, 0.1) is 13.8 Å². The highest BCUT2D eigenvalue weighted by molar-refractivity contribution is 6.32. The molecule has 1 N–H and O–H groups in total. The SMILES string of the molecule is Cc1nn(-c2cc(Cl)nnc2Cl)c(C)c1C(=O)O. The highest BCUT2D eigenvalue weighted by atomic mass is 35.5. The molecule has 6 nitrogen and oxygen atoms in total. The molecule has 8 heteroatoms. The summed E-state index contributed by atoms with van der Waals surface area (Å²) in [4.78, 5) is 11.1. The third kappa shape index (κ3) is 2.04. The molecule has 0 atom stereocenters. The van der Waals surface area contributed by atoms with Gasteiger partial charge in [-0.05, 0) is 13.8 Å². The van der Waals surface area contributed by atoms with Gasteiger partial charge in [-0.3, -0.25) is 0 Å². The first-order valence-corrected chi connectivity index (χ1v) is 5.66. The molecule has 2 heterocycles. The molecule has 0 aromatic carbocycles. The van der Waals surface area contributed by atoms with E-state index in [-0.39, 0.29) is 15.9 Å². The van der Waals surface area contributed by atoms with Crippen LogP contribution in [-0.2, 0) is 0 Å². The van der Waals surface area contributed by atoms with Gasteiger partial charge in [-0.1, -0.05) is 23.2 Å². The summed E-state index contributed by atoms with van der Waals surface area (Å²) in [6, 6.07) is 1.47. The van der Waals surface area contributed by atoms with E-state index >= 15 is 0 Å². The van der Waals surface area contributed by atoms with Crippen molar-refractivity contribution in [2.24, 2.45) is 0 Å². The van der Waals surface area contributed by atoms with Crippen LogP contribution in [0.15, 0.2) is 6.07 Å². The maximum Gasteiger partial charge on any atom is 0.339 e. The van der Waals surface area contributed by atoms with Crippen molar-refractivity contribution in [3.8, 4) is 5.69 Å². The average Bonchev–Trinajstić information content (AvgIpc) is 2.57. The van der Waals surface area contributed by atoms with Crippen molar-refractivity contribution in [2.75, 3.05) is 0 Å². The number of aromatic nitrogens is 4. The Morgan fingerprint density at radius 3 is 2.56 bits per heavy atom. The number of carboxylic acid groups (broad SMARTS) is 1. The van der Waals surface area contributed by atoms with Crippen LogP contribution in [0.25, 0.3) is 5.69 Å². The van der Waals surface area contributed by atoms with Crippen LogP contribution in [0.2, 0.25) is 10.3 Å². The van der Waals surface area contributed by atoms with Gasteiger partial charge in [-0.25, -0.2) is 9.48 Å². The number of hydrogen-bond acceptors (Lipinski definition) is 4. The summed E-state index contributed by atoms with van der Waals surface area (Å²) in [7, 11) is 0. The Labute approximate surface area is 112 Å². The molecule has 2 aromatic rings. The Morgan fingerprint density at radius 1 is 1.33 bits per heavy atom. The number of nitrogens with zero attached hydrogens (tertiary/aromatic N) is 4. The predicted octanol–water partition coefficient (Wildman–Crippen LogP) is 2.28. The molecular formula is C10H8Cl2N4O2. The smallest absolute Gasteiger partial charge is 0.339 e. The fourth-order valence-corrected chi connectivity index (χ4v) is 1.99. The molecule has 0 unspecified atom stereocenters. The van der Waals surface area contributed by atoms with Gasteiger partial charge in [0.05, 0.1) is 11.4 Å². The number of aryl methyl sites for hydroxylation is 1. The van der Waals surface area contributed by atoms with Crippen molar-refractivity contribution < 1.29 is 9.90 Å². The molecule has 0 fully saturated rings. The number of hydrogen-bond donors (Lipinski definition) is 1. The zero-order valence-electron chi connectivity index (χ0n) is 9.48. The van der Waals surface area contributed by atoms with Crippen molar-refractivity contribution in [1.82, 2.24) is 20.0 Å². The van der Waals surface area contributed by atoms with E-state index in [2.05, 4.69) is 15.3 Å². The standard InChI is InChI=1S/C10H8Cl2N4O2/c1-4-8(10(17)18)5(2)16(15-4)6-3-7(11)13-14-9(6)12/h3H,1-2H3,(H,17,18). The topological polar surface area (TPSA) is 80.9 Å². The molecule has 94 valence electrons. The molecule has 0 bridgehead atoms. The summed E-state index contributed by atoms with van der Waals surface area (Å²) in [6.07, 6.45) is 0. The Bertz CT molecular complexity index is 639. The molecular weight excluding hydrogens is 279 g/mol. The van der Waals surface area contributed by atoms with Gasteiger partial charge in [0.15, 0.2) is 10.3 Å². The van der Waals surface area contributed by atoms with E-state index in [1.54, 1.807) is 13.8 Å². The van der Waals surface area contributed by atoms with Crippen LogP contribution < -0.4 is 0 Å². The largest absolute Gasteiger partial charge is 0.478 e. The molecule has 0 aliphatic rings. The lowest BCUT2D eigenvalue weighted by Crippen LogP contribution is -2.04. The monoisotopic (exact) mass is 286 g/mol. The van der Waals surface area contributed by atoms with Crippen LogP contribution in [-0.4, -0.2) is 31.1 Å². The molecule has 2 aromatic heterocycles. The molecule has 0 saturated carbocycles. The first kappa shape index (κ1) is 12.8. The predicted molar refractivity (Wildman–Crippen MR) is 65.6 cm³/mol. The van der Waals surface area contributed by atoms with Gasteiger partial charge in [0.1, 0.15) is 11.3 Å². The Balaban J connectivity index is 2.69. The lowest BCUT2D eigenvalue weighted by atomic mass is 10.2. The fourth-order valence-electron chi connectivity index (χ4n) is 1.68. The number of rotatable bonds is 2. The lowest BCUT2D eigenvalue weighted by Gasteiger charge is -2.05. The van der Waals surface area contributed by atoms with Gasteiger partial charge >= 0.3 is 5.97 Å². The molecule has 0 amide bonds. The van der Waals surface area contributed by atoms with Crippen molar-refractivity contribution >= 4 is 29.2 Å². The third-order valence-corrected chi connectivity index (χ3v) is 2.89. The van der Waals surface area contributed by atoms with E-state index in [1.807, 2.05) is 0 Å². The van der Waals surface area contributed by atoms with Gasteiger partial charge in [-0.2, -0.15) is 5.10 Å². The van der Waals surface area contributed by atoms with Crippen LogP contribution >= 0.6 is 23.2 Å². The average molecular weight is 287 g/mol. The molecule has 0 aliphatic heterocycles. The highest BCUT2D eigenvalue weighted by Crippen LogP contribution is 2.23. The summed E-state index contributed by atoms with van der Waals surface area (Å²) in [5.41, 5.74) is 1.37. The summed E-state index contributed by atoms with van der Waals surface area (Å²) in [5, 5.41) is 20.7. The molecule has 0 aliphatic carbocycles. The number of halogens is 2. The van der Waals surface area contributed by atoms with E-state index in [0.29, 0.717) is 17.1 Å². The Kier molecular flexibility index (Phi) is 3.23. The van der Waals surface area contributed by atoms with Gasteiger partial charge in [0.2, 0.25) is 0 Å². The van der Waals surface area contributed by atoms with Gasteiger partial charge in [0.25, 0.3) is 0 Å². The van der Waals surface area contributed by atoms with E-state index in [9.17, 15) is 4.79 Å². The number of carbonyl (C=O) groups is 1. The second kappa shape index (κ2) is 4.55. The summed E-state index contributed by atoms with van der Waals surface area (Å²) in [5.74, 6) is -1.04. The van der Waals surface area contributed by atoms with Crippen molar-refractivity contribution in [3.63, 3.8) is 0 Å². The van der Waals surface area contributed by atoms with Gasteiger partial charge < -0.3 is 5.11 Å². The van der Waals surface area contributed by atoms with Crippen LogP contribution in [0.3, 0.4) is 0 Å². The van der Waals surface area contributed by atoms with Crippen molar-refractivity contribution in [2.45, 2.75) is 13.8 Å². The first-order chi connectivity index (χ1) is 8.41. The lowest BCUT2D eigenvalue weighted by molar-refractivity contribution is 0.0695. The second-order valence-electron chi connectivity index (χ2n) is 3.61. The second-order valence-corrected chi connectivity index (χ2v) is 4.35. The first-order valence-electron chi connectivity index (χ1n) is 4.90. The Hall–Kier alpha value is -1.66. The van der Waals surface area contributed by atoms with E-state index in [4.69, 9.17) is 28.3 Å². The van der Waals surface area contributed by atoms with E-state index in [0.717, 1.165) is 0 Å². The minimum absolute atomic E-state index is 0.0990. The Morgan fingerprint density at radius 2 is 2.00 bits per heavy atom. The molecule has 0 saturated heterocycles. The molecule has 0 radical (unpaired) electrons. The summed E-state index contributed by atoms with van der Waals surface area (Å²) >= 11 is 11.6. The minimum Gasteiger partial charge on any atom is -0.478 e. The van der Waals surface area contributed by atoms with Gasteiger partial charge in [-0.15, -0.1) is 10.2 Å². The molecule has 18 heavy (non-hydrogen) atoms. The van der Waals surface area contributed by atoms with Crippen LogP contribution in [0.1, 0.15) is 21.7 Å². The summed E-state index contributed by atoms with van der Waals surface area (Å²) < 4.78 is 1.39. The van der Waals surface area contributed by atoms with E-state index < -0.39 is 5.97 Å². The van der Waals surface area contributed by atoms with Gasteiger partial charge in [0, 0.05) is 6.07 Å². The maximum atomic E-state index is 11.1. The minimum atomic E-state index is -1.04. The number of aromatic carboxylic acids is 1.